The quantitative estimate of drug-likeness (QED) is 0.429. The predicted octanol–water partition coefficient (Wildman–Crippen LogP) is 3.62. The smallest absolute Gasteiger partial charge is 0.410 e. The summed E-state index contributed by atoms with van der Waals surface area (Å²) in [4.78, 5) is 68.5. The minimum Gasteiger partial charge on any atom is -0.479 e. The zero-order valence-electron chi connectivity index (χ0n) is 25.8. The van der Waals surface area contributed by atoms with E-state index in [4.69, 9.17) is 9.47 Å². The third-order valence-corrected chi connectivity index (χ3v) is 8.76. The Morgan fingerprint density at radius 1 is 1.13 bits per heavy atom. The van der Waals surface area contributed by atoms with Crippen LogP contribution in [0.3, 0.4) is 0 Å². The summed E-state index contributed by atoms with van der Waals surface area (Å²) in [6, 6.07) is 2.45. The maximum absolute atomic E-state index is 14.3. The molecular weight excluding hydrogens is 587 g/mol. The minimum atomic E-state index is -1.49. The summed E-state index contributed by atoms with van der Waals surface area (Å²) >= 11 is 0. The van der Waals surface area contributed by atoms with Crippen LogP contribution in [0.2, 0.25) is 0 Å². The van der Waals surface area contributed by atoms with Crippen LogP contribution in [-0.2, 0) is 36.9 Å². The van der Waals surface area contributed by atoms with Crippen LogP contribution in [0.25, 0.3) is 0 Å². The van der Waals surface area contributed by atoms with Gasteiger partial charge in [-0.25, -0.2) is 18.8 Å². The predicted molar refractivity (Wildman–Crippen MR) is 158 cm³/mol. The fraction of sp³-hybridized carbons (Fsp3) is 0.594. The number of nitrogens with zero attached hydrogens (tertiary/aromatic N) is 2. The van der Waals surface area contributed by atoms with E-state index in [1.165, 1.54) is 15.9 Å². The molecule has 1 unspecified atom stereocenters. The van der Waals surface area contributed by atoms with Crippen molar-refractivity contribution in [3.63, 3.8) is 0 Å². The molecule has 3 heterocycles. The van der Waals surface area contributed by atoms with Crippen LogP contribution in [0.1, 0.15) is 76.8 Å². The molecule has 4 aliphatic rings. The van der Waals surface area contributed by atoms with E-state index < -0.39 is 65.1 Å². The highest BCUT2D eigenvalue weighted by Crippen LogP contribution is 2.45. The van der Waals surface area contributed by atoms with Gasteiger partial charge in [0, 0.05) is 24.4 Å². The molecule has 4 amide bonds. The van der Waals surface area contributed by atoms with Crippen LogP contribution in [0.4, 0.5) is 14.0 Å². The highest BCUT2D eigenvalue weighted by Gasteiger charge is 2.61. The first kappa shape index (κ1) is 32.2. The molecule has 1 aromatic carbocycles. The van der Waals surface area contributed by atoms with Crippen molar-refractivity contribution >= 4 is 30.0 Å². The van der Waals surface area contributed by atoms with E-state index in [-0.39, 0.29) is 44.8 Å². The second-order valence-corrected chi connectivity index (χ2v) is 13.3. The van der Waals surface area contributed by atoms with Crippen LogP contribution in [0, 0.1) is 11.7 Å². The van der Waals surface area contributed by atoms with E-state index >= 15 is 0 Å². The van der Waals surface area contributed by atoms with Gasteiger partial charge in [-0.1, -0.05) is 37.1 Å². The average molecular weight is 629 g/mol. The standard InChI is InChI=1S/C32H41FN4O8/c1-31(2,3)45-29(42)34-24-13-8-6-4-5-7-11-20-15-32(20,28(40)41)35-26(38)25-14-21(17-37(25)27(24)39)44-30(43)36-16-19-10-9-12-23(33)22(19)18-36/h7,9-12,20-21,24-25H,4-6,8,13-18H2,1-3H3,(H,34,42)(H,35,38)(H,40,41)/t20-,21-,24-,25+,32?/m1/s1. The number of allylic oxidation sites excluding steroid dienone is 1. The number of ether oxygens (including phenoxy) is 2. The van der Waals surface area contributed by atoms with Crippen LogP contribution < -0.4 is 10.6 Å². The molecule has 3 aliphatic heterocycles. The molecular formula is C32H41FN4O8. The first-order chi connectivity index (χ1) is 21.3. The van der Waals surface area contributed by atoms with Crippen molar-refractivity contribution in [1.82, 2.24) is 20.4 Å². The van der Waals surface area contributed by atoms with Crippen molar-refractivity contribution in [1.29, 1.82) is 0 Å². The highest BCUT2D eigenvalue weighted by molar-refractivity contribution is 5.96. The van der Waals surface area contributed by atoms with Crippen LogP contribution in [-0.4, -0.2) is 80.7 Å². The maximum Gasteiger partial charge on any atom is 0.410 e. The molecule has 13 heteroatoms. The van der Waals surface area contributed by atoms with Gasteiger partial charge in [-0.15, -0.1) is 0 Å². The van der Waals surface area contributed by atoms with E-state index in [9.17, 15) is 33.5 Å². The summed E-state index contributed by atoms with van der Waals surface area (Å²) in [6.07, 6.45) is 4.66. The van der Waals surface area contributed by atoms with E-state index in [2.05, 4.69) is 10.6 Å². The number of halogens is 1. The van der Waals surface area contributed by atoms with Crippen molar-refractivity contribution in [2.45, 2.75) is 108 Å². The molecule has 2 fully saturated rings. The fourth-order valence-corrected chi connectivity index (χ4v) is 6.32. The molecule has 1 saturated carbocycles. The molecule has 0 radical (unpaired) electrons. The van der Waals surface area contributed by atoms with Gasteiger partial charge in [0.15, 0.2) is 0 Å². The molecule has 1 saturated heterocycles. The monoisotopic (exact) mass is 628 g/mol. The Bertz CT molecular complexity index is 1390. The number of carbonyl (C=O) groups excluding carboxylic acids is 4. The number of hydrogen-bond acceptors (Lipinski definition) is 7. The number of rotatable bonds is 3. The Morgan fingerprint density at radius 2 is 1.91 bits per heavy atom. The topological polar surface area (TPSA) is 155 Å². The largest absolute Gasteiger partial charge is 0.479 e. The van der Waals surface area contributed by atoms with Crippen LogP contribution in [0.15, 0.2) is 30.4 Å². The number of carboxylic acid groups (broad SMARTS) is 1. The number of benzene rings is 1. The number of amides is 4. The number of alkyl carbamates (subject to hydrolysis) is 1. The second kappa shape index (κ2) is 12.7. The van der Waals surface area contributed by atoms with E-state index in [0.29, 0.717) is 17.5 Å². The summed E-state index contributed by atoms with van der Waals surface area (Å²) < 4.78 is 25.4. The number of aliphatic carboxylic acids is 1. The fourth-order valence-electron chi connectivity index (χ4n) is 6.32. The SMILES string of the molecule is CC(C)(C)OC(=O)N[C@@H]1CCCCCC=C[C@@H]2CC2(C(=O)O)NC(=O)[C@@H]2C[C@@H](OC(=O)N3Cc4cccc(F)c4C3)CN2C1=O. The second-order valence-electron chi connectivity index (χ2n) is 13.3. The first-order valence-electron chi connectivity index (χ1n) is 15.5. The average Bonchev–Trinajstić information content (AvgIpc) is 3.27. The lowest BCUT2D eigenvalue weighted by molar-refractivity contribution is -0.145. The van der Waals surface area contributed by atoms with Gasteiger partial charge in [0.2, 0.25) is 11.8 Å². The molecule has 0 aromatic heterocycles. The molecule has 3 N–H and O–H groups in total. The first-order valence-corrected chi connectivity index (χ1v) is 15.5. The number of carboxylic acids is 1. The summed E-state index contributed by atoms with van der Waals surface area (Å²) in [5.41, 5.74) is -1.22. The molecule has 45 heavy (non-hydrogen) atoms. The highest BCUT2D eigenvalue weighted by atomic mass is 19.1. The molecule has 1 aliphatic carbocycles. The lowest BCUT2D eigenvalue weighted by Gasteiger charge is -2.30. The van der Waals surface area contributed by atoms with E-state index in [1.54, 1.807) is 32.9 Å². The number of hydrogen-bond donors (Lipinski definition) is 3. The van der Waals surface area contributed by atoms with Gasteiger partial charge < -0.3 is 30.1 Å². The van der Waals surface area contributed by atoms with Crippen molar-refractivity contribution in [3.8, 4) is 0 Å². The summed E-state index contributed by atoms with van der Waals surface area (Å²) in [6.45, 7) is 5.15. The van der Waals surface area contributed by atoms with Gasteiger partial charge in [0.1, 0.15) is 35.1 Å². The van der Waals surface area contributed by atoms with Crippen LogP contribution in [0.5, 0.6) is 0 Å². The zero-order chi connectivity index (χ0) is 32.5. The number of carbonyl (C=O) groups is 5. The Balaban J connectivity index is 1.37. The summed E-state index contributed by atoms with van der Waals surface area (Å²) in [5.74, 6) is -3.20. The van der Waals surface area contributed by atoms with Crippen LogP contribution >= 0.6 is 0 Å². The molecule has 12 nitrogen and oxygen atoms in total. The molecule has 244 valence electrons. The molecule has 1 aromatic rings. The Labute approximate surface area is 261 Å². The Kier molecular flexibility index (Phi) is 9.09. The normalized spacial score (nSPS) is 28.5. The molecule has 5 atom stereocenters. The summed E-state index contributed by atoms with van der Waals surface area (Å²) in [5, 5.41) is 15.4. The molecule has 0 spiro atoms. The lowest BCUT2D eigenvalue weighted by Crippen LogP contribution is -2.56. The van der Waals surface area contributed by atoms with Crippen molar-refractivity contribution < 1.29 is 42.9 Å². The van der Waals surface area contributed by atoms with Gasteiger partial charge in [-0.05, 0) is 58.1 Å². The third-order valence-electron chi connectivity index (χ3n) is 8.76. The van der Waals surface area contributed by atoms with Gasteiger partial charge in [0.25, 0.3) is 0 Å². The van der Waals surface area contributed by atoms with Gasteiger partial charge >= 0.3 is 18.2 Å². The Morgan fingerprint density at radius 3 is 2.62 bits per heavy atom. The Hall–Kier alpha value is -4.16. The number of nitrogens with one attached hydrogen (secondary N) is 2. The van der Waals surface area contributed by atoms with E-state index in [0.717, 1.165) is 19.3 Å². The van der Waals surface area contributed by atoms with Crippen molar-refractivity contribution in [2.75, 3.05) is 6.54 Å². The third kappa shape index (κ3) is 7.23. The molecule has 0 bridgehead atoms. The zero-order valence-corrected chi connectivity index (χ0v) is 25.8. The minimum absolute atomic E-state index is 0.0258. The number of fused-ring (bicyclic) bond motifs is 3. The van der Waals surface area contributed by atoms with Gasteiger partial charge in [0.05, 0.1) is 13.1 Å². The summed E-state index contributed by atoms with van der Waals surface area (Å²) in [7, 11) is 0. The van der Waals surface area contributed by atoms with E-state index in [1.807, 2.05) is 12.2 Å². The van der Waals surface area contributed by atoms with Gasteiger partial charge in [-0.2, -0.15) is 0 Å². The van der Waals surface area contributed by atoms with Crippen molar-refractivity contribution in [2.24, 2.45) is 5.92 Å². The molecule has 5 rings (SSSR count). The van der Waals surface area contributed by atoms with Gasteiger partial charge in [-0.3, -0.25) is 14.5 Å². The lowest BCUT2D eigenvalue weighted by atomic mass is 10.0. The van der Waals surface area contributed by atoms with Crippen molar-refractivity contribution in [3.05, 3.63) is 47.3 Å². The maximum atomic E-state index is 14.3.